The van der Waals surface area contributed by atoms with Crippen molar-refractivity contribution in [1.29, 1.82) is 0 Å². The molecule has 2 amide bonds. The van der Waals surface area contributed by atoms with Crippen LogP contribution < -0.4 is 5.32 Å². The molecule has 0 aromatic heterocycles. The van der Waals surface area contributed by atoms with Crippen LogP contribution in [0.25, 0.3) is 0 Å². The molecule has 11 heteroatoms. The Morgan fingerprint density at radius 2 is 1.83 bits per heavy atom. The molecule has 0 bridgehead atoms. The van der Waals surface area contributed by atoms with Gasteiger partial charge in [-0.05, 0) is 38.0 Å². The predicted molar refractivity (Wildman–Crippen MR) is 108 cm³/mol. The van der Waals surface area contributed by atoms with Gasteiger partial charge in [-0.2, -0.15) is 4.31 Å². The van der Waals surface area contributed by atoms with Crippen molar-refractivity contribution in [3.05, 3.63) is 29.0 Å². The number of halogens is 2. The van der Waals surface area contributed by atoms with E-state index in [0.717, 1.165) is 12.1 Å². The minimum absolute atomic E-state index is 0.0819. The Balaban J connectivity index is 1.54. The van der Waals surface area contributed by atoms with E-state index in [0.29, 0.717) is 39.1 Å². The molecule has 166 valence electrons. The van der Waals surface area contributed by atoms with Crippen LogP contribution in [-0.4, -0.2) is 74.9 Å². The lowest BCUT2D eigenvalue weighted by molar-refractivity contribution is -0.140. The summed E-state index contributed by atoms with van der Waals surface area (Å²) in [7, 11) is -3.82. The monoisotopic (exact) mass is 461 g/mol. The molecule has 2 aliphatic rings. The molecule has 30 heavy (non-hydrogen) atoms. The number of hydrogen-bond acceptors (Lipinski definition) is 5. The summed E-state index contributed by atoms with van der Waals surface area (Å²) in [6.07, 6.45) is 0.664. The average Bonchev–Trinajstić information content (AvgIpc) is 2.75. The Kier molecular flexibility index (Phi) is 7.33. The zero-order chi connectivity index (χ0) is 21.9. The van der Waals surface area contributed by atoms with E-state index in [4.69, 9.17) is 16.3 Å². The molecule has 1 aromatic rings. The quantitative estimate of drug-likeness (QED) is 0.711. The van der Waals surface area contributed by atoms with Crippen LogP contribution in [0.4, 0.5) is 4.39 Å². The third-order valence-corrected chi connectivity index (χ3v) is 7.59. The maximum absolute atomic E-state index is 13.3. The number of carbonyl (C=O) groups is 2. The first-order valence-electron chi connectivity index (χ1n) is 9.82. The molecule has 2 saturated heterocycles. The molecule has 0 radical (unpaired) electrons. The van der Waals surface area contributed by atoms with Gasteiger partial charge in [0.2, 0.25) is 21.8 Å². The number of ether oxygens (including phenoxy) is 1. The van der Waals surface area contributed by atoms with Crippen molar-refractivity contribution in [1.82, 2.24) is 14.5 Å². The summed E-state index contributed by atoms with van der Waals surface area (Å²) in [6.45, 7) is 3.93. The van der Waals surface area contributed by atoms with Crippen LogP contribution in [0.2, 0.25) is 5.02 Å². The van der Waals surface area contributed by atoms with Crippen molar-refractivity contribution in [3.63, 3.8) is 0 Å². The number of amides is 2. The largest absolute Gasteiger partial charge is 0.378 e. The molecule has 0 spiro atoms. The summed E-state index contributed by atoms with van der Waals surface area (Å²) >= 11 is 5.70. The third-order valence-electron chi connectivity index (χ3n) is 5.41. The number of nitrogens with one attached hydrogen (secondary N) is 1. The van der Waals surface area contributed by atoms with Crippen molar-refractivity contribution in [2.45, 2.75) is 30.7 Å². The van der Waals surface area contributed by atoms with E-state index in [-0.39, 0.29) is 40.7 Å². The summed E-state index contributed by atoms with van der Waals surface area (Å²) in [5.74, 6) is -1.48. The molecule has 2 heterocycles. The molecule has 2 aliphatic heterocycles. The highest BCUT2D eigenvalue weighted by molar-refractivity contribution is 7.89. The van der Waals surface area contributed by atoms with Crippen LogP contribution in [0.3, 0.4) is 0 Å². The Morgan fingerprint density at radius 3 is 2.43 bits per heavy atom. The first kappa shape index (κ1) is 22.9. The van der Waals surface area contributed by atoms with Crippen LogP contribution in [0.1, 0.15) is 19.8 Å². The van der Waals surface area contributed by atoms with Gasteiger partial charge in [0.25, 0.3) is 0 Å². The Hall–Kier alpha value is -1.75. The van der Waals surface area contributed by atoms with Crippen LogP contribution >= 0.6 is 11.6 Å². The third kappa shape index (κ3) is 5.11. The first-order chi connectivity index (χ1) is 14.2. The van der Waals surface area contributed by atoms with Crippen molar-refractivity contribution >= 4 is 33.4 Å². The zero-order valence-corrected chi connectivity index (χ0v) is 18.2. The van der Waals surface area contributed by atoms with Gasteiger partial charge in [0.1, 0.15) is 11.9 Å². The van der Waals surface area contributed by atoms with Crippen molar-refractivity contribution in [3.8, 4) is 0 Å². The SMILES string of the molecule is CC(NC(=O)C1CCN(S(=O)(=O)c2ccc(F)c(Cl)c2)CC1)C(=O)N1CCOCC1. The fraction of sp³-hybridized carbons (Fsp3) is 0.579. The maximum Gasteiger partial charge on any atom is 0.245 e. The van der Waals surface area contributed by atoms with E-state index in [9.17, 15) is 22.4 Å². The number of benzene rings is 1. The van der Waals surface area contributed by atoms with Gasteiger partial charge in [-0.3, -0.25) is 9.59 Å². The predicted octanol–water partition coefficient (Wildman–Crippen LogP) is 1.24. The molecule has 3 rings (SSSR count). The van der Waals surface area contributed by atoms with E-state index in [1.165, 1.54) is 10.4 Å². The van der Waals surface area contributed by atoms with E-state index >= 15 is 0 Å². The van der Waals surface area contributed by atoms with Crippen molar-refractivity contribution in [2.75, 3.05) is 39.4 Å². The summed E-state index contributed by atoms with van der Waals surface area (Å²) in [5, 5.41) is 2.49. The van der Waals surface area contributed by atoms with Gasteiger partial charge in [0.15, 0.2) is 0 Å². The fourth-order valence-corrected chi connectivity index (χ4v) is 5.34. The number of hydrogen-bond donors (Lipinski definition) is 1. The second-order valence-corrected chi connectivity index (χ2v) is 9.77. The molecule has 2 fully saturated rings. The smallest absolute Gasteiger partial charge is 0.245 e. The van der Waals surface area contributed by atoms with Gasteiger partial charge in [-0.1, -0.05) is 11.6 Å². The lowest BCUT2D eigenvalue weighted by Gasteiger charge is -2.32. The number of piperidine rings is 1. The summed E-state index contributed by atoms with van der Waals surface area (Å²) in [4.78, 5) is 26.6. The van der Waals surface area contributed by atoms with E-state index in [2.05, 4.69) is 5.32 Å². The molecule has 1 N–H and O–H groups in total. The Morgan fingerprint density at radius 1 is 1.20 bits per heavy atom. The van der Waals surface area contributed by atoms with Crippen LogP contribution in [-0.2, 0) is 24.3 Å². The maximum atomic E-state index is 13.3. The first-order valence-corrected chi connectivity index (χ1v) is 11.6. The van der Waals surface area contributed by atoms with Crippen LogP contribution in [0, 0.1) is 11.7 Å². The number of sulfonamides is 1. The van der Waals surface area contributed by atoms with Crippen LogP contribution in [0.5, 0.6) is 0 Å². The number of carbonyl (C=O) groups excluding carboxylic acids is 2. The number of rotatable bonds is 5. The normalized spacial score (nSPS) is 20.0. The van der Waals surface area contributed by atoms with Crippen molar-refractivity contribution in [2.24, 2.45) is 5.92 Å². The van der Waals surface area contributed by atoms with Gasteiger partial charge in [-0.15, -0.1) is 0 Å². The van der Waals surface area contributed by atoms with Gasteiger partial charge < -0.3 is 15.0 Å². The summed E-state index contributed by atoms with van der Waals surface area (Å²) < 4.78 is 45.3. The highest BCUT2D eigenvalue weighted by atomic mass is 35.5. The molecule has 8 nitrogen and oxygen atoms in total. The van der Waals surface area contributed by atoms with Gasteiger partial charge >= 0.3 is 0 Å². The van der Waals surface area contributed by atoms with E-state index in [1.807, 2.05) is 0 Å². The molecule has 1 unspecified atom stereocenters. The Labute approximate surface area is 180 Å². The Bertz CT molecular complexity index is 899. The molecular weight excluding hydrogens is 437 g/mol. The van der Waals surface area contributed by atoms with Crippen molar-refractivity contribution < 1.29 is 27.1 Å². The fourth-order valence-electron chi connectivity index (χ4n) is 3.60. The van der Waals surface area contributed by atoms with Crippen LogP contribution in [0.15, 0.2) is 23.1 Å². The topological polar surface area (TPSA) is 96.0 Å². The molecule has 0 saturated carbocycles. The zero-order valence-electron chi connectivity index (χ0n) is 16.6. The number of morpholine rings is 1. The average molecular weight is 462 g/mol. The lowest BCUT2D eigenvalue weighted by Crippen LogP contribution is -2.52. The highest BCUT2D eigenvalue weighted by Crippen LogP contribution is 2.26. The second kappa shape index (κ2) is 9.59. The minimum Gasteiger partial charge on any atom is -0.378 e. The molecule has 0 aliphatic carbocycles. The van der Waals surface area contributed by atoms with E-state index in [1.54, 1.807) is 11.8 Å². The molecule has 1 aromatic carbocycles. The molecule has 1 atom stereocenters. The summed E-state index contributed by atoms with van der Waals surface area (Å²) in [5.41, 5.74) is 0. The lowest BCUT2D eigenvalue weighted by atomic mass is 9.97. The highest BCUT2D eigenvalue weighted by Gasteiger charge is 2.33. The molecular formula is C19H25ClFN3O5S. The number of nitrogens with zero attached hydrogens (tertiary/aromatic N) is 2. The van der Waals surface area contributed by atoms with Gasteiger partial charge in [-0.25, -0.2) is 12.8 Å². The second-order valence-electron chi connectivity index (χ2n) is 7.42. The van der Waals surface area contributed by atoms with Gasteiger partial charge in [0, 0.05) is 32.1 Å². The van der Waals surface area contributed by atoms with E-state index < -0.39 is 21.9 Å². The summed E-state index contributed by atoms with van der Waals surface area (Å²) in [6, 6.07) is 2.62. The standard InChI is InChI=1S/C19H25ClFN3O5S/c1-13(19(26)23-8-10-29-11-9-23)22-18(25)14-4-6-24(7-5-14)30(27,28)15-2-3-17(21)16(20)12-15/h2-3,12-14H,4-11H2,1H3,(H,22,25). The van der Waals surface area contributed by atoms with Gasteiger partial charge in [0.05, 0.1) is 23.1 Å². The minimum atomic E-state index is -3.82.